The molecular weight excluding hydrogens is 290 g/mol. The molecule has 2 aromatic rings. The molecule has 4 heteroatoms. The van der Waals surface area contributed by atoms with Crippen molar-refractivity contribution in [1.29, 1.82) is 0 Å². The van der Waals surface area contributed by atoms with Crippen LogP contribution in [0.1, 0.15) is 40.4 Å². The maximum Gasteiger partial charge on any atom is 0.253 e. The lowest BCUT2D eigenvalue weighted by Crippen LogP contribution is -2.27. The van der Waals surface area contributed by atoms with Gasteiger partial charge >= 0.3 is 0 Å². The fraction of sp³-hybridized carbons (Fsp3) is 0.316. The van der Waals surface area contributed by atoms with Gasteiger partial charge in [0.05, 0.1) is 7.11 Å². The van der Waals surface area contributed by atoms with E-state index in [0.29, 0.717) is 11.3 Å². The van der Waals surface area contributed by atoms with E-state index in [1.807, 2.05) is 41.3 Å². The third-order valence-corrected chi connectivity index (χ3v) is 4.28. The van der Waals surface area contributed by atoms with Crippen LogP contribution in [-0.4, -0.2) is 36.1 Å². The molecule has 120 valence electrons. The Morgan fingerprint density at radius 1 is 1.09 bits per heavy atom. The zero-order valence-electron chi connectivity index (χ0n) is 13.2. The Hall–Kier alpha value is -2.33. The van der Waals surface area contributed by atoms with E-state index in [0.717, 1.165) is 37.1 Å². The minimum absolute atomic E-state index is 0.0740. The first-order chi connectivity index (χ1) is 11.2. The van der Waals surface area contributed by atoms with Crippen LogP contribution in [0.2, 0.25) is 0 Å². The van der Waals surface area contributed by atoms with E-state index in [4.69, 9.17) is 4.74 Å². The lowest BCUT2D eigenvalue weighted by Gasteiger charge is -2.16. The van der Waals surface area contributed by atoms with E-state index in [1.54, 1.807) is 19.2 Å². The highest BCUT2D eigenvalue weighted by Gasteiger charge is 2.20. The first-order valence-corrected chi connectivity index (χ1v) is 7.90. The number of carbonyl (C=O) groups is 1. The molecule has 1 N–H and O–H groups in total. The van der Waals surface area contributed by atoms with Gasteiger partial charge in [-0.05, 0) is 48.2 Å². The summed E-state index contributed by atoms with van der Waals surface area (Å²) in [7, 11) is 1.60. The van der Waals surface area contributed by atoms with Crippen LogP contribution in [0, 0.1) is 0 Å². The number of hydrogen-bond acceptors (Lipinski definition) is 3. The molecule has 1 saturated heterocycles. The molecule has 23 heavy (non-hydrogen) atoms. The van der Waals surface area contributed by atoms with Crippen molar-refractivity contribution in [2.24, 2.45) is 0 Å². The molecule has 0 radical (unpaired) electrons. The number of methoxy groups -OCH3 is 1. The Morgan fingerprint density at radius 3 is 2.43 bits per heavy atom. The van der Waals surface area contributed by atoms with Gasteiger partial charge in [0.1, 0.15) is 11.9 Å². The first kappa shape index (κ1) is 15.6. The predicted molar refractivity (Wildman–Crippen MR) is 88.6 cm³/mol. The summed E-state index contributed by atoms with van der Waals surface area (Å²) >= 11 is 0. The van der Waals surface area contributed by atoms with Gasteiger partial charge < -0.3 is 14.7 Å². The van der Waals surface area contributed by atoms with Gasteiger partial charge in [0.2, 0.25) is 0 Å². The van der Waals surface area contributed by atoms with Gasteiger partial charge in [-0.1, -0.05) is 24.3 Å². The molecule has 1 heterocycles. The summed E-state index contributed by atoms with van der Waals surface area (Å²) in [5.74, 6) is 0.785. The molecule has 0 saturated carbocycles. The predicted octanol–water partition coefficient (Wildman–Crippen LogP) is 3.01. The number of nitrogens with zero attached hydrogens (tertiary/aromatic N) is 1. The van der Waals surface area contributed by atoms with Crippen molar-refractivity contribution in [2.75, 3.05) is 20.2 Å². The van der Waals surface area contributed by atoms with Crippen LogP contribution in [0.5, 0.6) is 5.75 Å². The van der Waals surface area contributed by atoms with Crippen molar-refractivity contribution in [3.05, 3.63) is 65.2 Å². The fourth-order valence-electron chi connectivity index (χ4n) is 2.91. The SMILES string of the molecule is COc1cccc(C(O)c2ccc(C(=O)N3CCCC3)cc2)c1. The molecule has 0 aromatic heterocycles. The van der Waals surface area contributed by atoms with Crippen LogP contribution >= 0.6 is 0 Å². The molecule has 1 aliphatic rings. The topological polar surface area (TPSA) is 49.8 Å². The Morgan fingerprint density at radius 2 is 1.78 bits per heavy atom. The number of rotatable bonds is 4. The minimum atomic E-state index is -0.735. The summed E-state index contributed by atoms with van der Waals surface area (Å²) in [6.45, 7) is 1.68. The van der Waals surface area contributed by atoms with Gasteiger partial charge in [-0.2, -0.15) is 0 Å². The third kappa shape index (κ3) is 3.37. The third-order valence-electron chi connectivity index (χ3n) is 4.28. The van der Waals surface area contributed by atoms with Crippen LogP contribution in [0.15, 0.2) is 48.5 Å². The maximum atomic E-state index is 12.3. The number of aliphatic hydroxyl groups excluding tert-OH is 1. The molecule has 4 nitrogen and oxygen atoms in total. The quantitative estimate of drug-likeness (QED) is 0.944. The molecule has 1 amide bonds. The lowest BCUT2D eigenvalue weighted by atomic mass is 10.00. The minimum Gasteiger partial charge on any atom is -0.497 e. The van der Waals surface area contributed by atoms with Crippen LogP contribution in [-0.2, 0) is 0 Å². The number of ether oxygens (including phenoxy) is 1. The number of aliphatic hydroxyl groups is 1. The zero-order chi connectivity index (χ0) is 16.2. The Kier molecular flexibility index (Phi) is 4.63. The van der Waals surface area contributed by atoms with E-state index in [2.05, 4.69) is 0 Å². The van der Waals surface area contributed by atoms with Gasteiger partial charge in [-0.15, -0.1) is 0 Å². The van der Waals surface area contributed by atoms with Crippen molar-refractivity contribution < 1.29 is 14.6 Å². The number of carbonyl (C=O) groups excluding carboxylic acids is 1. The van der Waals surface area contributed by atoms with Crippen LogP contribution in [0.3, 0.4) is 0 Å². The summed E-state index contributed by atoms with van der Waals surface area (Å²) in [6.07, 6.45) is 1.43. The molecule has 2 aromatic carbocycles. The number of amides is 1. The largest absolute Gasteiger partial charge is 0.497 e. The smallest absolute Gasteiger partial charge is 0.253 e. The molecule has 3 rings (SSSR count). The average molecular weight is 311 g/mol. The van der Waals surface area contributed by atoms with Crippen molar-refractivity contribution in [3.8, 4) is 5.75 Å². The van der Waals surface area contributed by atoms with E-state index in [-0.39, 0.29) is 5.91 Å². The highest BCUT2D eigenvalue weighted by atomic mass is 16.5. The normalized spacial score (nSPS) is 15.5. The second-order valence-corrected chi connectivity index (χ2v) is 5.80. The molecule has 0 spiro atoms. The van der Waals surface area contributed by atoms with Crippen molar-refractivity contribution in [3.63, 3.8) is 0 Å². The van der Waals surface area contributed by atoms with Gasteiger partial charge in [0.25, 0.3) is 5.91 Å². The van der Waals surface area contributed by atoms with Crippen molar-refractivity contribution in [2.45, 2.75) is 18.9 Å². The highest BCUT2D eigenvalue weighted by Crippen LogP contribution is 2.25. The molecule has 0 aliphatic carbocycles. The number of benzene rings is 2. The van der Waals surface area contributed by atoms with Crippen LogP contribution in [0.4, 0.5) is 0 Å². The van der Waals surface area contributed by atoms with Crippen LogP contribution in [0.25, 0.3) is 0 Å². The molecule has 1 fully saturated rings. The van der Waals surface area contributed by atoms with Gasteiger partial charge in [0, 0.05) is 18.7 Å². The molecule has 1 unspecified atom stereocenters. The van der Waals surface area contributed by atoms with Crippen LogP contribution < -0.4 is 4.74 Å². The van der Waals surface area contributed by atoms with E-state index in [1.165, 1.54) is 0 Å². The highest BCUT2D eigenvalue weighted by molar-refractivity contribution is 5.94. The summed E-state index contributed by atoms with van der Waals surface area (Å²) in [5, 5.41) is 10.5. The molecule has 0 bridgehead atoms. The maximum absolute atomic E-state index is 12.3. The molecular formula is C19H21NO3. The van der Waals surface area contributed by atoms with E-state index in [9.17, 15) is 9.90 Å². The summed E-state index contributed by atoms with van der Waals surface area (Å²) < 4.78 is 5.19. The fourth-order valence-corrected chi connectivity index (χ4v) is 2.91. The number of likely N-dealkylation sites (tertiary alicyclic amines) is 1. The van der Waals surface area contributed by atoms with Crippen molar-refractivity contribution in [1.82, 2.24) is 4.90 Å². The summed E-state index contributed by atoms with van der Waals surface area (Å²) in [6, 6.07) is 14.6. The van der Waals surface area contributed by atoms with E-state index >= 15 is 0 Å². The van der Waals surface area contributed by atoms with Crippen molar-refractivity contribution >= 4 is 5.91 Å². The second-order valence-electron chi connectivity index (χ2n) is 5.80. The standard InChI is InChI=1S/C19H21NO3/c1-23-17-6-4-5-16(13-17)18(21)14-7-9-15(10-8-14)19(22)20-11-2-3-12-20/h4-10,13,18,21H,2-3,11-12H2,1H3. The van der Waals surface area contributed by atoms with E-state index < -0.39 is 6.10 Å². The Labute approximate surface area is 136 Å². The summed E-state index contributed by atoms with van der Waals surface area (Å²) in [5.41, 5.74) is 2.20. The zero-order valence-corrected chi connectivity index (χ0v) is 13.2. The molecule has 1 aliphatic heterocycles. The number of hydrogen-bond donors (Lipinski definition) is 1. The Bertz CT molecular complexity index is 675. The first-order valence-electron chi connectivity index (χ1n) is 7.90. The van der Waals surface area contributed by atoms with Gasteiger partial charge in [-0.3, -0.25) is 4.79 Å². The molecule has 1 atom stereocenters. The summed E-state index contributed by atoms with van der Waals surface area (Å²) in [4.78, 5) is 14.2. The Balaban J connectivity index is 1.76. The van der Waals surface area contributed by atoms with Gasteiger partial charge in [-0.25, -0.2) is 0 Å². The average Bonchev–Trinajstić information content (AvgIpc) is 3.15. The van der Waals surface area contributed by atoms with Gasteiger partial charge in [0.15, 0.2) is 0 Å². The lowest BCUT2D eigenvalue weighted by molar-refractivity contribution is 0.0792. The second kappa shape index (κ2) is 6.84. The monoisotopic (exact) mass is 311 g/mol.